The van der Waals surface area contributed by atoms with Crippen molar-refractivity contribution < 1.29 is 24.2 Å². The van der Waals surface area contributed by atoms with Crippen LogP contribution in [-0.2, 0) is 19.1 Å². The zero-order valence-corrected chi connectivity index (χ0v) is 21.0. The fraction of sp³-hybridized carbons (Fsp3) is 0.536. The summed E-state index contributed by atoms with van der Waals surface area (Å²) in [7, 11) is 0. The Kier molecular flexibility index (Phi) is 6.20. The van der Waals surface area contributed by atoms with Crippen molar-refractivity contribution in [3.63, 3.8) is 0 Å². The van der Waals surface area contributed by atoms with Gasteiger partial charge in [-0.25, -0.2) is 0 Å². The summed E-state index contributed by atoms with van der Waals surface area (Å²) in [6.07, 6.45) is 13.2. The Morgan fingerprint density at radius 1 is 1.06 bits per heavy atom. The average Bonchev–Trinajstić information content (AvgIpc) is 3.20. The largest absolute Gasteiger partial charge is 0.461 e. The molecule has 0 bridgehead atoms. The fourth-order valence-electron chi connectivity index (χ4n) is 7.01. The number of hydrogen-bond donors (Lipinski definition) is 1. The van der Waals surface area contributed by atoms with E-state index < -0.39 is 28.7 Å². The number of carbonyl (C=O) groups excluding carboxylic acids is 3. The van der Waals surface area contributed by atoms with E-state index in [1.54, 1.807) is 16.7 Å². The van der Waals surface area contributed by atoms with Gasteiger partial charge in [-0.1, -0.05) is 73.9 Å². The molecule has 0 radical (unpaired) electrons. The standard InChI is InChI=1S/C28H32N2O5S/c31-17-20(18-9-3-1-4-10-18)30-24-26(33)29(19-11-5-2-6-12-19)15-8-14-28(24)23(25(30)32)22-21(36-28)13-7-16-35-27(22)34/h1,3-4,7-10,13-14,19-24,31H,2,5-6,11-12,15-17H2/t20-,21+,22-,23+,24?,28+/m1/s1. The molecule has 0 aromatic heterocycles. The van der Waals surface area contributed by atoms with Crippen LogP contribution in [0, 0.1) is 11.8 Å². The molecule has 3 fully saturated rings. The summed E-state index contributed by atoms with van der Waals surface area (Å²) in [4.78, 5) is 45.5. The number of hydrogen-bond acceptors (Lipinski definition) is 6. The summed E-state index contributed by atoms with van der Waals surface area (Å²) in [6, 6.07) is 8.06. The van der Waals surface area contributed by atoms with Crippen LogP contribution in [0.4, 0.5) is 0 Å². The number of aliphatic hydroxyl groups is 1. The molecule has 6 atom stereocenters. The summed E-state index contributed by atoms with van der Waals surface area (Å²) in [5, 5.41) is 10.3. The van der Waals surface area contributed by atoms with Gasteiger partial charge in [-0.2, -0.15) is 0 Å². The van der Waals surface area contributed by atoms with E-state index in [2.05, 4.69) is 0 Å². The van der Waals surface area contributed by atoms with Crippen molar-refractivity contribution in [1.29, 1.82) is 0 Å². The number of thioether (sulfide) groups is 1. The Morgan fingerprint density at radius 2 is 1.83 bits per heavy atom. The summed E-state index contributed by atoms with van der Waals surface area (Å²) < 4.78 is 4.56. The van der Waals surface area contributed by atoms with E-state index in [0.717, 1.165) is 31.2 Å². The van der Waals surface area contributed by atoms with Crippen LogP contribution < -0.4 is 0 Å². The number of aliphatic hydroxyl groups excluding tert-OH is 1. The van der Waals surface area contributed by atoms with Crippen LogP contribution in [-0.4, -0.2) is 74.5 Å². The molecule has 1 unspecified atom stereocenters. The second-order valence-corrected chi connectivity index (χ2v) is 11.9. The van der Waals surface area contributed by atoms with Gasteiger partial charge in [-0.3, -0.25) is 14.4 Å². The molecule has 6 rings (SSSR count). The van der Waals surface area contributed by atoms with Crippen molar-refractivity contribution in [3.05, 3.63) is 60.2 Å². The minimum atomic E-state index is -0.893. The second kappa shape index (κ2) is 9.38. The molecule has 2 saturated heterocycles. The first-order chi connectivity index (χ1) is 17.6. The molecule has 1 N–H and O–H groups in total. The van der Waals surface area contributed by atoms with Crippen LogP contribution in [0.25, 0.3) is 0 Å². The van der Waals surface area contributed by atoms with Crippen molar-refractivity contribution in [2.75, 3.05) is 19.8 Å². The Morgan fingerprint density at radius 3 is 2.58 bits per heavy atom. The molecular weight excluding hydrogens is 476 g/mol. The average molecular weight is 509 g/mol. The van der Waals surface area contributed by atoms with Crippen LogP contribution in [0.5, 0.6) is 0 Å². The van der Waals surface area contributed by atoms with Crippen LogP contribution in [0.15, 0.2) is 54.6 Å². The molecule has 1 spiro atoms. The molecular formula is C28H32N2O5S. The van der Waals surface area contributed by atoms with Crippen molar-refractivity contribution >= 4 is 29.5 Å². The highest BCUT2D eigenvalue weighted by Crippen LogP contribution is 2.62. The number of nitrogens with zero attached hydrogens (tertiary/aromatic N) is 2. The molecule has 2 amide bonds. The number of esters is 1. The van der Waals surface area contributed by atoms with Crippen molar-refractivity contribution in [2.24, 2.45) is 11.8 Å². The molecule has 190 valence electrons. The number of ether oxygens (including phenoxy) is 1. The van der Waals surface area contributed by atoms with Crippen molar-refractivity contribution in [3.8, 4) is 0 Å². The van der Waals surface area contributed by atoms with Gasteiger partial charge in [0.15, 0.2) is 0 Å². The first-order valence-corrected chi connectivity index (χ1v) is 13.9. The van der Waals surface area contributed by atoms with Gasteiger partial charge in [0.2, 0.25) is 11.8 Å². The SMILES string of the molecule is O=C1OCC=C[C@@H]2S[C@]34C=CCN(C5CCCCC5)C(=O)C3N([C@H](CO)c3ccccc3)C(=O)[C@@H]4[C@H]12. The van der Waals surface area contributed by atoms with Gasteiger partial charge in [0.25, 0.3) is 0 Å². The van der Waals surface area contributed by atoms with Crippen LogP contribution in [0.1, 0.15) is 43.7 Å². The highest BCUT2D eigenvalue weighted by molar-refractivity contribution is 8.02. The second-order valence-electron chi connectivity index (χ2n) is 10.4. The maximum absolute atomic E-state index is 14.5. The molecule has 36 heavy (non-hydrogen) atoms. The third kappa shape index (κ3) is 3.56. The number of benzene rings is 1. The summed E-state index contributed by atoms with van der Waals surface area (Å²) in [5.74, 6) is -2.10. The molecule has 4 aliphatic heterocycles. The van der Waals surface area contributed by atoms with E-state index in [-0.39, 0.29) is 42.3 Å². The number of carbonyl (C=O) groups is 3. The summed E-state index contributed by atoms with van der Waals surface area (Å²) in [5.41, 5.74) is 0.776. The van der Waals surface area contributed by atoms with Gasteiger partial charge in [0, 0.05) is 17.8 Å². The van der Waals surface area contributed by atoms with E-state index in [1.807, 2.05) is 59.5 Å². The Balaban J connectivity index is 1.48. The van der Waals surface area contributed by atoms with Gasteiger partial charge in [-0.05, 0) is 18.4 Å². The zero-order valence-electron chi connectivity index (χ0n) is 20.2. The quantitative estimate of drug-likeness (QED) is 0.497. The van der Waals surface area contributed by atoms with Crippen molar-refractivity contribution in [1.82, 2.24) is 9.80 Å². The lowest BCUT2D eigenvalue weighted by molar-refractivity contribution is -0.152. The lowest BCUT2D eigenvalue weighted by atomic mass is 9.78. The van der Waals surface area contributed by atoms with E-state index >= 15 is 0 Å². The smallest absolute Gasteiger partial charge is 0.311 e. The third-order valence-electron chi connectivity index (χ3n) is 8.59. The maximum atomic E-state index is 14.5. The first-order valence-electron chi connectivity index (χ1n) is 13.0. The molecule has 1 aliphatic carbocycles. The number of fused-ring (bicyclic) bond motifs is 2. The molecule has 1 aromatic carbocycles. The minimum Gasteiger partial charge on any atom is -0.461 e. The van der Waals surface area contributed by atoms with E-state index in [1.165, 1.54) is 6.42 Å². The van der Waals surface area contributed by atoms with Crippen LogP contribution in [0.2, 0.25) is 0 Å². The predicted octanol–water partition coefficient (Wildman–Crippen LogP) is 2.86. The Bertz CT molecular complexity index is 1100. The van der Waals surface area contributed by atoms with Crippen LogP contribution >= 0.6 is 11.8 Å². The van der Waals surface area contributed by atoms with Gasteiger partial charge in [0.05, 0.1) is 29.2 Å². The van der Waals surface area contributed by atoms with E-state index in [0.29, 0.717) is 6.54 Å². The monoisotopic (exact) mass is 508 g/mol. The number of rotatable bonds is 4. The molecule has 7 nitrogen and oxygen atoms in total. The maximum Gasteiger partial charge on any atom is 0.311 e. The highest BCUT2D eigenvalue weighted by Gasteiger charge is 2.72. The number of likely N-dealkylation sites (tertiary alicyclic amines) is 1. The van der Waals surface area contributed by atoms with Crippen LogP contribution in [0.3, 0.4) is 0 Å². The predicted molar refractivity (Wildman–Crippen MR) is 136 cm³/mol. The van der Waals surface area contributed by atoms with Gasteiger partial charge in [0.1, 0.15) is 12.6 Å². The number of amides is 2. The first kappa shape index (κ1) is 23.8. The topological polar surface area (TPSA) is 87.2 Å². The highest BCUT2D eigenvalue weighted by atomic mass is 32.2. The summed E-state index contributed by atoms with van der Waals surface area (Å²) in [6.45, 7) is 0.390. The Labute approximate surface area is 215 Å². The molecule has 5 aliphatic rings. The molecule has 8 heteroatoms. The third-order valence-corrected chi connectivity index (χ3v) is 10.3. The van der Waals surface area contributed by atoms with E-state index in [4.69, 9.17) is 4.74 Å². The van der Waals surface area contributed by atoms with E-state index in [9.17, 15) is 19.5 Å². The molecule has 4 heterocycles. The zero-order chi connectivity index (χ0) is 24.9. The molecule has 1 aromatic rings. The Hall–Kier alpha value is -2.58. The summed E-state index contributed by atoms with van der Waals surface area (Å²) >= 11 is 1.54. The van der Waals surface area contributed by atoms with Gasteiger partial charge < -0.3 is 19.6 Å². The lowest BCUT2D eigenvalue weighted by Crippen LogP contribution is -2.56. The fourth-order valence-corrected chi connectivity index (χ4v) is 9.00. The van der Waals surface area contributed by atoms with Crippen molar-refractivity contribution in [2.45, 2.75) is 60.2 Å². The lowest BCUT2D eigenvalue weighted by Gasteiger charge is -2.41. The molecule has 1 saturated carbocycles. The van der Waals surface area contributed by atoms with Gasteiger partial charge in [-0.15, -0.1) is 11.8 Å². The van der Waals surface area contributed by atoms with Gasteiger partial charge >= 0.3 is 5.97 Å². The number of cyclic esters (lactones) is 1. The minimum absolute atomic E-state index is 0.0709. The normalized spacial score (nSPS) is 35.1.